The van der Waals surface area contributed by atoms with Gasteiger partial charge in [-0.2, -0.15) is 0 Å². The van der Waals surface area contributed by atoms with Crippen LogP contribution in [0.3, 0.4) is 0 Å². The number of carbonyl (C=O) groups is 2. The van der Waals surface area contributed by atoms with Crippen molar-refractivity contribution in [2.45, 2.75) is 12.8 Å². The number of halogens is 1. The van der Waals surface area contributed by atoms with E-state index in [1.807, 2.05) is 4.90 Å². The maximum absolute atomic E-state index is 12.6. The van der Waals surface area contributed by atoms with E-state index in [1.54, 1.807) is 0 Å². The molecule has 0 spiro atoms. The summed E-state index contributed by atoms with van der Waals surface area (Å²) < 4.78 is 5.05. The third kappa shape index (κ3) is 5.25. The molecule has 1 aliphatic rings. The quantitative estimate of drug-likeness (QED) is 0.384. The van der Waals surface area contributed by atoms with Crippen molar-refractivity contribution < 1.29 is 24.2 Å². The number of carbonyl (C=O) groups excluding carboxylic acids is 2. The molecular formula is C19H17ClN4O7. The number of hydrogen-bond acceptors (Lipinski definition) is 8. The zero-order valence-electron chi connectivity index (χ0n) is 16.1. The van der Waals surface area contributed by atoms with Crippen LogP contribution in [0.2, 0.25) is 5.02 Å². The molecule has 2 aromatic carbocycles. The summed E-state index contributed by atoms with van der Waals surface area (Å²) in [5.41, 5.74) is 0.108. The van der Waals surface area contributed by atoms with Crippen LogP contribution < -0.4 is 10.2 Å². The van der Waals surface area contributed by atoms with Crippen LogP contribution in [0.1, 0.15) is 23.2 Å². The summed E-state index contributed by atoms with van der Waals surface area (Å²) in [6.07, 6.45) is 1.87. The van der Waals surface area contributed by atoms with Gasteiger partial charge in [0.25, 0.3) is 17.3 Å². The van der Waals surface area contributed by atoms with Crippen molar-refractivity contribution in [2.75, 3.05) is 29.9 Å². The highest BCUT2D eigenvalue weighted by atomic mass is 35.5. The number of rotatable bonds is 7. The van der Waals surface area contributed by atoms with E-state index in [4.69, 9.17) is 16.3 Å². The van der Waals surface area contributed by atoms with Gasteiger partial charge < -0.3 is 15.0 Å². The Labute approximate surface area is 180 Å². The highest BCUT2D eigenvalue weighted by molar-refractivity contribution is 6.34. The second kappa shape index (κ2) is 9.39. The molecule has 0 aromatic heterocycles. The topological polar surface area (TPSA) is 145 Å². The molecule has 162 valence electrons. The second-order valence-corrected chi connectivity index (χ2v) is 7.11. The molecule has 0 aliphatic carbocycles. The van der Waals surface area contributed by atoms with Crippen LogP contribution in [0.5, 0.6) is 0 Å². The van der Waals surface area contributed by atoms with Gasteiger partial charge in [-0.05, 0) is 25.0 Å². The minimum absolute atomic E-state index is 0.00253. The van der Waals surface area contributed by atoms with Gasteiger partial charge >= 0.3 is 5.97 Å². The number of nitro benzene ring substituents is 2. The fourth-order valence-electron chi connectivity index (χ4n) is 3.15. The Hall–Kier alpha value is -3.73. The van der Waals surface area contributed by atoms with Crippen LogP contribution in [-0.2, 0) is 9.53 Å². The molecule has 3 rings (SSSR count). The Morgan fingerprint density at radius 2 is 1.65 bits per heavy atom. The van der Waals surface area contributed by atoms with Gasteiger partial charge in [0.05, 0.1) is 31.8 Å². The monoisotopic (exact) mass is 448 g/mol. The largest absolute Gasteiger partial charge is 0.452 e. The lowest BCUT2D eigenvalue weighted by Gasteiger charge is -2.20. The van der Waals surface area contributed by atoms with Crippen LogP contribution >= 0.6 is 11.6 Å². The number of hydrogen-bond donors (Lipinski definition) is 1. The average molecular weight is 449 g/mol. The molecule has 0 radical (unpaired) electrons. The minimum Gasteiger partial charge on any atom is -0.452 e. The first-order valence-corrected chi connectivity index (χ1v) is 9.58. The summed E-state index contributed by atoms with van der Waals surface area (Å²) in [6, 6.07) is 7.44. The van der Waals surface area contributed by atoms with Gasteiger partial charge in [0.1, 0.15) is 0 Å². The lowest BCUT2D eigenvalue weighted by Crippen LogP contribution is -2.24. The third-order valence-corrected chi connectivity index (χ3v) is 4.94. The summed E-state index contributed by atoms with van der Waals surface area (Å²) in [5.74, 6) is -1.60. The molecular weight excluding hydrogens is 432 g/mol. The molecule has 1 N–H and O–H groups in total. The van der Waals surface area contributed by atoms with Crippen LogP contribution in [0.4, 0.5) is 22.7 Å². The van der Waals surface area contributed by atoms with Gasteiger partial charge in [-0.15, -0.1) is 0 Å². The van der Waals surface area contributed by atoms with Gasteiger partial charge in [0.2, 0.25) is 0 Å². The van der Waals surface area contributed by atoms with Gasteiger partial charge in [-0.25, -0.2) is 4.79 Å². The predicted octanol–water partition coefficient (Wildman–Crippen LogP) is 3.55. The number of amides is 1. The molecule has 31 heavy (non-hydrogen) atoms. The highest BCUT2D eigenvalue weighted by Crippen LogP contribution is 2.29. The van der Waals surface area contributed by atoms with E-state index in [0.29, 0.717) is 18.8 Å². The summed E-state index contributed by atoms with van der Waals surface area (Å²) >= 11 is 5.92. The lowest BCUT2D eigenvalue weighted by molar-refractivity contribution is -0.385. The van der Waals surface area contributed by atoms with E-state index in [2.05, 4.69) is 5.32 Å². The maximum Gasteiger partial charge on any atom is 0.341 e. The van der Waals surface area contributed by atoms with E-state index in [1.165, 1.54) is 24.3 Å². The Kier molecular flexibility index (Phi) is 6.65. The average Bonchev–Trinajstić information content (AvgIpc) is 3.27. The molecule has 0 saturated carbocycles. The number of benzene rings is 2. The van der Waals surface area contributed by atoms with Gasteiger partial charge in [0.15, 0.2) is 6.61 Å². The Bertz CT molecular complexity index is 1050. The van der Waals surface area contributed by atoms with E-state index in [-0.39, 0.29) is 27.6 Å². The molecule has 1 aliphatic heterocycles. The maximum atomic E-state index is 12.6. The summed E-state index contributed by atoms with van der Waals surface area (Å²) in [6.45, 7) is 0.739. The van der Waals surface area contributed by atoms with Crippen molar-refractivity contribution in [2.24, 2.45) is 0 Å². The molecule has 2 aromatic rings. The van der Waals surface area contributed by atoms with Gasteiger partial charge in [-0.1, -0.05) is 11.6 Å². The second-order valence-electron chi connectivity index (χ2n) is 6.70. The molecule has 11 nitrogen and oxygen atoms in total. The van der Waals surface area contributed by atoms with E-state index < -0.39 is 28.3 Å². The third-order valence-electron chi connectivity index (χ3n) is 4.63. The van der Waals surface area contributed by atoms with E-state index in [0.717, 1.165) is 25.0 Å². The number of nitrogens with zero attached hydrogens (tertiary/aromatic N) is 3. The molecule has 1 fully saturated rings. The fraction of sp³-hybridized carbons (Fsp3) is 0.263. The molecule has 1 amide bonds. The van der Waals surface area contributed by atoms with Crippen molar-refractivity contribution in [3.8, 4) is 0 Å². The molecule has 1 saturated heterocycles. The lowest BCUT2D eigenvalue weighted by atomic mass is 10.1. The van der Waals surface area contributed by atoms with Crippen molar-refractivity contribution >= 4 is 46.2 Å². The van der Waals surface area contributed by atoms with Crippen LogP contribution in [-0.4, -0.2) is 41.4 Å². The molecule has 12 heteroatoms. The SMILES string of the molecule is O=C(COC(=O)c1cc([N+](=O)[O-])ccc1N1CCCC1)Nc1ccc([N+](=O)[O-])cc1Cl. The normalized spacial score (nSPS) is 13.0. The van der Waals surface area contributed by atoms with E-state index in [9.17, 15) is 29.8 Å². The van der Waals surface area contributed by atoms with Crippen LogP contribution in [0, 0.1) is 20.2 Å². The van der Waals surface area contributed by atoms with Gasteiger partial charge in [-0.3, -0.25) is 25.0 Å². The standard InChI is InChI=1S/C19H17ClN4O7/c20-15-10-13(24(29)30)3-5-16(15)21-18(25)11-31-19(26)14-9-12(23(27)28)4-6-17(14)22-7-1-2-8-22/h3-6,9-10H,1-2,7-8,11H2,(H,21,25). The van der Waals surface area contributed by atoms with Crippen molar-refractivity contribution in [1.82, 2.24) is 0 Å². The number of nitrogens with one attached hydrogen (secondary N) is 1. The fourth-order valence-corrected chi connectivity index (χ4v) is 3.37. The molecule has 0 unspecified atom stereocenters. The number of non-ortho nitro benzene ring substituents is 2. The van der Waals surface area contributed by atoms with Crippen molar-refractivity contribution in [3.63, 3.8) is 0 Å². The van der Waals surface area contributed by atoms with Crippen LogP contribution in [0.15, 0.2) is 36.4 Å². The first-order chi connectivity index (χ1) is 14.8. The first kappa shape index (κ1) is 22.0. The summed E-state index contributed by atoms with van der Waals surface area (Å²) in [4.78, 5) is 47.2. The smallest absolute Gasteiger partial charge is 0.341 e. The number of nitro groups is 2. The first-order valence-electron chi connectivity index (χ1n) is 9.20. The summed E-state index contributed by atoms with van der Waals surface area (Å²) in [5, 5.41) is 24.2. The number of ether oxygens (including phenoxy) is 1. The number of esters is 1. The zero-order valence-corrected chi connectivity index (χ0v) is 16.8. The van der Waals surface area contributed by atoms with Crippen molar-refractivity contribution in [3.05, 3.63) is 67.2 Å². The Morgan fingerprint density at radius 1 is 1.03 bits per heavy atom. The molecule has 0 atom stereocenters. The van der Waals surface area contributed by atoms with Crippen LogP contribution in [0.25, 0.3) is 0 Å². The van der Waals surface area contributed by atoms with E-state index >= 15 is 0 Å². The van der Waals surface area contributed by atoms with Gasteiger partial charge in [0, 0.05) is 37.4 Å². The zero-order chi connectivity index (χ0) is 22.5. The van der Waals surface area contributed by atoms with Crippen molar-refractivity contribution in [1.29, 1.82) is 0 Å². The minimum atomic E-state index is -0.879. The Morgan fingerprint density at radius 3 is 2.26 bits per heavy atom. The number of anilines is 2. The highest BCUT2D eigenvalue weighted by Gasteiger charge is 2.24. The molecule has 0 bridgehead atoms. The summed E-state index contributed by atoms with van der Waals surface area (Å²) in [7, 11) is 0. The molecule has 1 heterocycles. The Balaban J connectivity index is 1.70. The predicted molar refractivity (Wildman–Crippen MR) is 112 cm³/mol.